The van der Waals surface area contributed by atoms with E-state index in [-0.39, 0.29) is 6.03 Å². The highest BCUT2D eigenvalue weighted by atomic mass is 16.2. The van der Waals surface area contributed by atoms with Gasteiger partial charge in [-0.2, -0.15) is 0 Å². The Morgan fingerprint density at radius 1 is 0.395 bits per heavy atom. The molecule has 6 aromatic rings. The third kappa shape index (κ3) is 5.45. The molecule has 0 heterocycles. The third-order valence-corrected chi connectivity index (χ3v) is 8.24. The van der Waals surface area contributed by atoms with Crippen molar-refractivity contribution in [2.45, 2.75) is 11.0 Å². The fourth-order valence-corrected chi connectivity index (χ4v) is 6.18. The molecule has 0 aliphatic heterocycles. The van der Waals surface area contributed by atoms with E-state index in [1.165, 1.54) is 0 Å². The van der Waals surface area contributed by atoms with E-state index in [2.05, 4.69) is 120 Å². The average molecular weight is 559 g/mol. The molecular formula is C40H34N2O. The summed E-state index contributed by atoms with van der Waals surface area (Å²) >= 11 is 0. The van der Waals surface area contributed by atoms with Crippen molar-refractivity contribution in [2.24, 2.45) is 0 Å². The average Bonchev–Trinajstić information content (AvgIpc) is 3.10. The van der Waals surface area contributed by atoms with Gasteiger partial charge in [0.2, 0.25) is 0 Å². The number of nitrogens with one attached hydrogen (secondary N) is 2. The van der Waals surface area contributed by atoms with Crippen LogP contribution in [0.25, 0.3) is 0 Å². The van der Waals surface area contributed by atoms with Gasteiger partial charge in [0.05, 0.1) is 5.41 Å². The minimum atomic E-state index is -0.914. The van der Waals surface area contributed by atoms with Crippen LogP contribution in [0.1, 0.15) is 33.4 Å². The van der Waals surface area contributed by atoms with Crippen molar-refractivity contribution in [1.29, 1.82) is 0 Å². The Hall–Kier alpha value is -5.41. The maximum absolute atomic E-state index is 14.3. The number of carbonyl (C=O) groups is 1. The standard InChI is InChI=1S/C40H34N2O/c43-38(42-40(35-25-13-4-14-26-35,36-27-15-5-16-28-36)37-29-17-6-18-30-37)41-31-39(32-19-7-1-8-20-32,33-21-9-2-10-22-33)34-23-11-3-12-24-34/h1-30H,31H2,(H2,41,42,43). The number of amides is 2. The maximum atomic E-state index is 14.3. The molecule has 0 atom stereocenters. The van der Waals surface area contributed by atoms with Crippen LogP contribution in [0.3, 0.4) is 0 Å². The predicted molar refractivity (Wildman–Crippen MR) is 175 cm³/mol. The van der Waals surface area contributed by atoms with E-state index in [4.69, 9.17) is 0 Å². The largest absolute Gasteiger partial charge is 0.337 e. The first-order valence-corrected chi connectivity index (χ1v) is 14.6. The van der Waals surface area contributed by atoms with Gasteiger partial charge in [0.1, 0.15) is 5.54 Å². The molecule has 43 heavy (non-hydrogen) atoms. The molecule has 0 saturated heterocycles. The lowest BCUT2D eigenvalue weighted by molar-refractivity contribution is 0.232. The summed E-state index contributed by atoms with van der Waals surface area (Å²) in [6.45, 7) is 0.353. The van der Waals surface area contributed by atoms with Crippen LogP contribution in [-0.2, 0) is 11.0 Å². The summed E-state index contributed by atoms with van der Waals surface area (Å²) < 4.78 is 0. The molecule has 0 fully saturated rings. The second-order valence-electron chi connectivity index (χ2n) is 10.7. The quantitative estimate of drug-likeness (QED) is 0.172. The molecule has 2 amide bonds. The number of carbonyl (C=O) groups excluding carboxylic acids is 1. The minimum Gasteiger partial charge on any atom is -0.337 e. The lowest BCUT2D eigenvalue weighted by Crippen LogP contribution is -2.54. The van der Waals surface area contributed by atoms with Crippen molar-refractivity contribution in [3.63, 3.8) is 0 Å². The van der Waals surface area contributed by atoms with Gasteiger partial charge < -0.3 is 10.6 Å². The third-order valence-electron chi connectivity index (χ3n) is 8.24. The van der Waals surface area contributed by atoms with Crippen molar-refractivity contribution in [3.05, 3.63) is 215 Å². The van der Waals surface area contributed by atoms with Gasteiger partial charge in [-0.05, 0) is 33.4 Å². The van der Waals surface area contributed by atoms with Crippen molar-refractivity contribution < 1.29 is 4.79 Å². The van der Waals surface area contributed by atoms with Gasteiger partial charge in [-0.3, -0.25) is 0 Å². The van der Waals surface area contributed by atoms with Crippen LogP contribution in [0, 0.1) is 0 Å². The number of benzene rings is 6. The Balaban J connectivity index is 1.45. The van der Waals surface area contributed by atoms with Gasteiger partial charge in [0.25, 0.3) is 0 Å². The Morgan fingerprint density at radius 3 is 0.930 bits per heavy atom. The summed E-state index contributed by atoms with van der Waals surface area (Å²) in [6.07, 6.45) is 0. The maximum Gasteiger partial charge on any atom is 0.316 e. The molecule has 0 unspecified atom stereocenters. The summed E-state index contributed by atoms with van der Waals surface area (Å²) in [6, 6.07) is 61.5. The summed E-state index contributed by atoms with van der Waals surface area (Å²) in [4.78, 5) is 14.3. The topological polar surface area (TPSA) is 41.1 Å². The van der Waals surface area contributed by atoms with Crippen molar-refractivity contribution in [1.82, 2.24) is 10.6 Å². The van der Waals surface area contributed by atoms with Crippen molar-refractivity contribution >= 4 is 6.03 Å². The molecule has 6 aromatic carbocycles. The lowest BCUT2D eigenvalue weighted by atomic mass is 9.69. The minimum absolute atomic E-state index is 0.260. The molecule has 0 aliphatic rings. The van der Waals surface area contributed by atoms with Gasteiger partial charge in [0.15, 0.2) is 0 Å². The van der Waals surface area contributed by atoms with Gasteiger partial charge in [-0.25, -0.2) is 4.79 Å². The van der Waals surface area contributed by atoms with Crippen LogP contribution in [0.5, 0.6) is 0 Å². The van der Waals surface area contributed by atoms with Gasteiger partial charge in [-0.1, -0.05) is 182 Å². The highest BCUT2D eigenvalue weighted by Gasteiger charge is 2.40. The zero-order valence-corrected chi connectivity index (χ0v) is 23.9. The highest BCUT2D eigenvalue weighted by Crippen LogP contribution is 2.40. The second-order valence-corrected chi connectivity index (χ2v) is 10.7. The molecule has 0 aromatic heterocycles. The van der Waals surface area contributed by atoms with E-state index in [9.17, 15) is 4.79 Å². The number of hydrogen-bond donors (Lipinski definition) is 2. The van der Waals surface area contributed by atoms with E-state index in [0.29, 0.717) is 6.54 Å². The molecule has 0 aliphatic carbocycles. The lowest BCUT2D eigenvalue weighted by Gasteiger charge is -2.39. The Labute approximate surface area is 253 Å². The number of urea groups is 1. The van der Waals surface area contributed by atoms with Gasteiger partial charge in [-0.15, -0.1) is 0 Å². The van der Waals surface area contributed by atoms with E-state index < -0.39 is 11.0 Å². The van der Waals surface area contributed by atoms with Gasteiger partial charge in [0, 0.05) is 6.54 Å². The Kier molecular flexibility index (Phi) is 8.15. The van der Waals surface area contributed by atoms with Crippen molar-refractivity contribution in [3.8, 4) is 0 Å². The molecule has 210 valence electrons. The predicted octanol–water partition coefficient (Wildman–Crippen LogP) is 8.31. The first-order chi connectivity index (χ1) is 21.2. The van der Waals surface area contributed by atoms with E-state index >= 15 is 0 Å². The van der Waals surface area contributed by atoms with Crippen LogP contribution in [0.2, 0.25) is 0 Å². The van der Waals surface area contributed by atoms with Crippen LogP contribution in [-0.4, -0.2) is 12.6 Å². The molecular weight excluding hydrogens is 524 g/mol. The SMILES string of the molecule is O=C(NCC(c1ccccc1)(c1ccccc1)c1ccccc1)NC(c1ccccc1)(c1ccccc1)c1ccccc1. The van der Waals surface area contributed by atoms with Crippen LogP contribution in [0.15, 0.2) is 182 Å². The first kappa shape index (κ1) is 27.7. The summed E-state index contributed by atoms with van der Waals surface area (Å²) in [7, 11) is 0. The molecule has 0 spiro atoms. The molecule has 0 radical (unpaired) electrons. The normalized spacial score (nSPS) is 11.4. The fourth-order valence-electron chi connectivity index (χ4n) is 6.18. The summed E-state index contributed by atoms with van der Waals surface area (Å²) in [5.41, 5.74) is 4.71. The molecule has 3 nitrogen and oxygen atoms in total. The second kappa shape index (κ2) is 12.6. The van der Waals surface area contributed by atoms with E-state index in [1.54, 1.807) is 0 Å². The highest BCUT2D eigenvalue weighted by molar-refractivity contribution is 5.78. The number of rotatable bonds is 9. The van der Waals surface area contributed by atoms with E-state index in [1.807, 2.05) is 72.8 Å². The van der Waals surface area contributed by atoms with Crippen LogP contribution >= 0.6 is 0 Å². The Bertz CT molecular complexity index is 1530. The molecule has 0 saturated carbocycles. The van der Waals surface area contributed by atoms with Crippen LogP contribution in [0.4, 0.5) is 4.79 Å². The number of hydrogen-bond acceptors (Lipinski definition) is 1. The molecule has 6 rings (SSSR count). The fraction of sp³-hybridized carbons (Fsp3) is 0.0750. The zero-order chi connectivity index (χ0) is 29.4. The smallest absolute Gasteiger partial charge is 0.316 e. The first-order valence-electron chi connectivity index (χ1n) is 14.6. The zero-order valence-electron chi connectivity index (χ0n) is 23.9. The summed E-state index contributed by atoms with van der Waals surface area (Å²) in [5, 5.41) is 6.79. The summed E-state index contributed by atoms with van der Waals surface area (Å²) in [5.74, 6) is 0. The molecule has 0 bridgehead atoms. The van der Waals surface area contributed by atoms with Crippen LogP contribution < -0.4 is 10.6 Å². The molecule has 2 N–H and O–H groups in total. The van der Waals surface area contributed by atoms with Crippen molar-refractivity contribution in [2.75, 3.05) is 6.54 Å². The van der Waals surface area contributed by atoms with Gasteiger partial charge >= 0.3 is 6.03 Å². The Morgan fingerprint density at radius 2 is 0.651 bits per heavy atom. The molecule has 3 heteroatoms. The monoisotopic (exact) mass is 558 g/mol. The van der Waals surface area contributed by atoms with E-state index in [0.717, 1.165) is 33.4 Å².